The van der Waals surface area contributed by atoms with Crippen molar-refractivity contribution in [1.29, 1.82) is 0 Å². The summed E-state index contributed by atoms with van der Waals surface area (Å²) in [6.07, 6.45) is 1.34. The minimum Gasteiger partial charge on any atom is -0.376 e. The van der Waals surface area contributed by atoms with Crippen LogP contribution in [0.15, 0.2) is 18.2 Å². The van der Waals surface area contributed by atoms with Gasteiger partial charge in [0.1, 0.15) is 11.6 Å². The average molecular weight is 263 g/mol. The normalized spacial score (nSPS) is 23.4. The summed E-state index contributed by atoms with van der Waals surface area (Å²) in [5.41, 5.74) is 0.0218. The highest BCUT2D eigenvalue weighted by atomic mass is 16.5. The van der Waals surface area contributed by atoms with Crippen LogP contribution >= 0.6 is 0 Å². The van der Waals surface area contributed by atoms with E-state index >= 15 is 0 Å². The first-order chi connectivity index (χ1) is 8.87. The van der Waals surface area contributed by atoms with Crippen LogP contribution in [0.3, 0.4) is 0 Å². The Kier molecular flexibility index (Phi) is 3.99. The molecule has 1 N–H and O–H groups in total. The molecule has 0 spiro atoms. The van der Waals surface area contributed by atoms with Crippen LogP contribution in [0.4, 0.5) is 11.6 Å². The second-order valence-corrected chi connectivity index (χ2v) is 6.30. The summed E-state index contributed by atoms with van der Waals surface area (Å²) in [7, 11) is 2.10. The summed E-state index contributed by atoms with van der Waals surface area (Å²) in [6, 6.07) is 6.53. The molecule has 1 saturated heterocycles. The lowest BCUT2D eigenvalue weighted by molar-refractivity contribution is 0.118. The molecule has 0 aromatic carbocycles. The molecule has 19 heavy (non-hydrogen) atoms. The van der Waals surface area contributed by atoms with Gasteiger partial charge in [-0.05, 0) is 46.2 Å². The van der Waals surface area contributed by atoms with E-state index in [0.29, 0.717) is 6.04 Å². The molecule has 0 amide bonds. The maximum Gasteiger partial charge on any atom is 0.131 e. The largest absolute Gasteiger partial charge is 0.376 e. The number of hydrogen-bond donors (Lipinski definition) is 1. The van der Waals surface area contributed by atoms with E-state index in [1.807, 2.05) is 12.1 Å². The van der Waals surface area contributed by atoms with Gasteiger partial charge in [-0.25, -0.2) is 4.98 Å². The van der Waals surface area contributed by atoms with Crippen molar-refractivity contribution < 1.29 is 4.74 Å². The predicted molar refractivity (Wildman–Crippen MR) is 79.8 cm³/mol. The van der Waals surface area contributed by atoms with Gasteiger partial charge in [0.15, 0.2) is 0 Å². The Bertz CT molecular complexity index is 428. The Labute approximate surface area is 116 Å². The highest BCUT2D eigenvalue weighted by molar-refractivity contribution is 5.48. The zero-order valence-electron chi connectivity index (χ0n) is 12.6. The van der Waals surface area contributed by atoms with E-state index < -0.39 is 0 Å². The van der Waals surface area contributed by atoms with E-state index in [1.165, 1.54) is 0 Å². The summed E-state index contributed by atoms with van der Waals surface area (Å²) in [4.78, 5) is 6.92. The maximum atomic E-state index is 5.63. The van der Waals surface area contributed by atoms with E-state index in [9.17, 15) is 0 Å². The van der Waals surface area contributed by atoms with Gasteiger partial charge in [0.25, 0.3) is 0 Å². The number of hydrogen-bond acceptors (Lipinski definition) is 4. The Morgan fingerprint density at radius 3 is 2.68 bits per heavy atom. The first-order valence-corrected chi connectivity index (χ1v) is 6.96. The van der Waals surface area contributed by atoms with Gasteiger partial charge in [-0.1, -0.05) is 6.07 Å². The quantitative estimate of drug-likeness (QED) is 0.910. The molecule has 0 radical (unpaired) electrons. The van der Waals surface area contributed by atoms with Crippen molar-refractivity contribution in [3.8, 4) is 0 Å². The lowest BCUT2D eigenvalue weighted by Crippen LogP contribution is -2.37. The van der Waals surface area contributed by atoms with Gasteiger partial charge in [-0.15, -0.1) is 0 Å². The summed E-state index contributed by atoms with van der Waals surface area (Å²) in [6.45, 7) is 9.38. The third-order valence-corrected chi connectivity index (χ3v) is 3.43. The maximum absolute atomic E-state index is 5.63. The molecular formula is C15H25N3O. The van der Waals surface area contributed by atoms with Gasteiger partial charge in [0.2, 0.25) is 0 Å². The number of rotatable bonds is 3. The van der Waals surface area contributed by atoms with Crippen molar-refractivity contribution in [2.45, 2.75) is 51.8 Å². The molecule has 0 aliphatic carbocycles. The van der Waals surface area contributed by atoms with Crippen molar-refractivity contribution in [2.24, 2.45) is 0 Å². The van der Waals surface area contributed by atoms with Gasteiger partial charge >= 0.3 is 0 Å². The number of nitrogens with zero attached hydrogens (tertiary/aromatic N) is 2. The van der Waals surface area contributed by atoms with E-state index in [2.05, 4.69) is 51.0 Å². The third kappa shape index (κ3) is 3.60. The van der Waals surface area contributed by atoms with Crippen LogP contribution in [0.25, 0.3) is 0 Å². The molecule has 106 valence electrons. The van der Waals surface area contributed by atoms with Gasteiger partial charge in [0.05, 0.1) is 12.1 Å². The zero-order valence-corrected chi connectivity index (χ0v) is 12.6. The fourth-order valence-electron chi connectivity index (χ4n) is 2.47. The van der Waals surface area contributed by atoms with Crippen molar-refractivity contribution in [1.82, 2.24) is 4.98 Å². The third-order valence-electron chi connectivity index (χ3n) is 3.43. The number of aromatic nitrogens is 1. The van der Waals surface area contributed by atoms with Gasteiger partial charge < -0.3 is 15.0 Å². The van der Waals surface area contributed by atoms with Crippen molar-refractivity contribution in [2.75, 3.05) is 23.9 Å². The molecule has 0 bridgehead atoms. The fourth-order valence-corrected chi connectivity index (χ4v) is 2.47. The highest BCUT2D eigenvalue weighted by Crippen LogP contribution is 2.24. The topological polar surface area (TPSA) is 37.4 Å². The monoisotopic (exact) mass is 263 g/mol. The molecule has 4 heteroatoms. The van der Waals surface area contributed by atoms with E-state index in [0.717, 1.165) is 24.7 Å². The molecule has 2 unspecified atom stereocenters. The summed E-state index contributed by atoms with van der Waals surface area (Å²) in [5.74, 6) is 1.92. The Hall–Kier alpha value is -1.29. The lowest BCUT2D eigenvalue weighted by atomic mass is 10.1. The molecule has 1 aliphatic heterocycles. The van der Waals surface area contributed by atoms with Crippen LogP contribution in [-0.4, -0.2) is 36.3 Å². The highest BCUT2D eigenvalue weighted by Gasteiger charge is 2.28. The number of anilines is 2. The van der Waals surface area contributed by atoms with Gasteiger partial charge in [-0.3, -0.25) is 0 Å². The van der Waals surface area contributed by atoms with Crippen LogP contribution in [0.5, 0.6) is 0 Å². The zero-order chi connectivity index (χ0) is 14.0. The molecule has 1 fully saturated rings. The summed E-state index contributed by atoms with van der Waals surface area (Å²) >= 11 is 0. The molecule has 1 aliphatic rings. The van der Waals surface area contributed by atoms with E-state index in [4.69, 9.17) is 9.72 Å². The molecule has 1 aromatic heterocycles. The van der Waals surface area contributed by atoms with Crippen molar-refractivity contribution in [3.05, 3.63) is 18.2 Å². The first kappa shape index (κ1) is 14.1. The van der Waals surface area contributed by atoms with Gasteiger partial charge in [0, 0.05) is 19.2 Å². The average Bonchev–Trinajstić information content (AvgIpc) is 2.72. The lowest BCUT2D eigenvalue weighted by Gasteiger charge is -2.29. The van der Waals surface area contributed by atoms with Crippen LogP contribution in [-0.2, 0) is 4.74 Å². The van der Waals surface area contributed by atoms with E-state index in [1.54, 1.807) is 0 Å². The predicted octanol–water partition coefficient (Wildman–Crippen LogP) is 2.91. The molecule has 4 nitrogen and oxygen atoms in total. The first-order valence-electron chi connectivity index (χ1n) is 6.96. The minimum atomic E-state index is 0.0218. The van der Waals surface area contributed by atoms with Crippen LogP contribution in [0, 0.1) is 0 Å². The van der Waals surface area contributed by atoms with Crippen molar-refractivity contribution in [3.63, 3.8) is 0 Å². The fraction of sp³-hybridized carbons (Fsp3) is 0.667. The smallest absolute Gasteiger partial charge is 0.131 e. The molecule has 2 heterocycles. The summed E-state index contributed by atoms with van der Waals surface area (Å²) < 4.78 is 5.63. The van der Waals surface area contributed by atoms with Crippen molar-refractivity contribution >= 4 is 11.6 Å². The van der Waals surface area contributed by atoms with Crippen LogP contribution in [0.1, 0.15) is 34.1 Å². The molecule has 0 saturated carbocycles. The Morgan fingerprint density at radius 1 is 1.37 bits per heavy atom. The second kappa shape index (κ2) is 5.37. The molecule has 2 atom stereocenters. The second-order valence-electron chi connectivity index (χ2n) is 6.30. The number of pyridine rings is 1. The molecular weight excluding hydrogens is 238 g/mol. The van der Waals surface area contributed by atoms with Gasteiger partial charge in [-0.2, -0.15) is 0 Å². The van der Waals surface area contributed by atoms with E-state index in [-0.39, 0.29) is 11.6 Å². The standard InChI is InChI=1S/C15H25N3O/c1-11-12(9-10-19-11)18(5)14-8-6-7-13(16-14)17-15(2,3)4/h6-8,11-12H,9-10H2,1-5H3,(H,16,17). The Morgan fingerprint density at radius 2 is 2.11 bits per heavy atom. The molecule has 1 aromatic rings. The Balaban J connectivity index is 2.14. The molecule has 2 rings (SSSR count). The SMILES string of the molecule is CC1OCCC1N(C)c1cccc(NC(C)(C)C)n1. The number of likely N-dealkylation sites (N-methyl/N-ethyl adjacent to an activating group) is 1. The van der Waals surface area contributed by atoms with Crippen LogP contribution in [0.2, 0.25) is 0 Å². The number of ether oxygens (including phenoxy) is 1. The van der Waals surface area contributed by atoms with Crippen LogP contribution < -0.4 is 10.2 Å². The minimum absolute atomic E-state index is 0.0218. The summed E-state index contributed by atoms with van der Waals surface area (Å²) in [5, 5.41) is 3.41. The number of nitrogens with one attached hydrogen (secondary N) is 1.